The van der Waals surface area contributed by atoms with Crippen molar-refractivity contribution in [3.05, 3.63) is 29.0 Å². The molecule has 4 heteroatoms. The minimum absolute atomic E-state index is 0.569. The van der Waals surface area contributed by atoms with Gasteiger partial charge in [0.2, 0.25) is 0 Å². The second-order valence-electron chi connectivity index (χ2n) is 4.73. The number of thioether (sulfide) groups is 1. The van der Waals surface area contributed by atoms with Gasteiger partial charge in [-0.3, -0.25) is 4.90 Å². The minimum Gasteiger partial charge on any atom is -0.299 e. The van der Waals surface area contributed by atoms with Crippen molar-refractivity contribution in [2.45, 2.75) is 37.1 Å². The summed E-state index contributed by atoms with van der Waals surface area (Å²) in [4.78, 5) is 6.57. The largest absolute Gasteiger partial charge is 0.299 e. The standard InChI is InChI=1S/C13H19ClN2S/c1-16(11-4-5-12(7-11)17-2)9-10-3-6-13(14)15-8-10/h3,6,8,11-12H,4-5,7,9H2,1-2H3/t11-,12-/m0/s1. The molecule has 17 heavy (non-hydrogen) atoms. The Bertz CT molecular complexity index is 355. The third-order valence-corrected chi connectivity index (χ3v) is 4.85. The summed E-state index contributed by atoms with van der Waals surface area (Å²) in [6, 6.07) is 4.65. The van der Waals surface area contributed by atoms with Crippen molar-refractivity contribution in [1.29, 1.82) is 0 Å². The monoisotopic (exact) mass is 270 g/mol. The van der Waals surface area contributed by atoms with E-state index in [0.29, 0.717) is 5.15 Å². The lowest BCUT2D eigenvalue weighted by atomic mass is 10.2. The molecule has 0 aliphatic heterocycles. The summed E-state index contributed by atoms with van der Waals surface area (Å²) in [6.45, 7) is 0.968. The highest BCUT2D eigenvalue weighted by Crippen LogP contribution is 2.31. The normalized spacial score (nSPS) is 24.5. The lowest BCUT2D eigenvalue weighted by molar-refractivity contribution is 0.237. The Kier molecular flexibility index (Phi) is 4.71. The van der Waals surface area contributed by atoms with E-state index < -0.39 is 0 Å². The molecule has 94 valence electrons. The maximum atomic E-state index is 5.79. The van der Waals surface area contributed by atoms with Crippen molar-refractivity contribution in [2.24, 2.45) is 0 Å². The average Bonchev–Trinajstić information content (AvgIpc) is 2.81. The van der Waals surface area contributed by atoms with Crippen LogP contribution in [0.1, 0.15) is 24.8 Å². The molecule has 0 unspecified atom stereocenters. The van der Waals surface area contributed by atoms with Gasteiger partial charge in [-0.15, -0.1) is 0 Å². The molecule has 2 atom stereocenters. The molecule has 2 rings (SSSR count). The van der Waals surface area contributed by atoms with Gasteiger partial charge < -0.3 is 0 Å². The first-order valence-corrected chi connectivity index (χ1v) is 7.69. The van der Waals surface area contributed by atoms with E-state index in [0.717, 1.165) is 17.8 Å². The summed E-state index contributed by atoms with van der Waals surface area (Å²) >= 11 is 7.79. The van der Waals surface area contributed by atoms with Gasteiger partial charge in [0.05, 0.1) is 0 Å². The molecule has 0 aromatic carbocycles. The fraction of sp³-hybridized carbons (Fsp3) is 0.615. The van der Waals surface area contributed by atoms with Crippen molar-refractivity contribution < 1.29 is 0 Å². The van der Waals surface area contributed by atoms with E-state index in [9.17, 15) is 0 Å². The Balaban J connectivity index is 1.89. The maximum absolute atomic E-state index is 5.79. The van der Waals surface area contributed by atoms with Crippen LogP contribution in [0.5, 0.6) is 0 Å². The van der Waals surface area contributed by atoms with Gasteiger partial charge in [-0.2, -0.15) is 11.8 Å². The van der Waals surface area contributed by atoms with Crippen LogP contribution in [0.25, 0.3) is 0 Å². The van der Waals surface area contributed by atoms with E-state index in [2.05, 4.69) is 29.3 Å². The van der Waals surface area contributed by atoms with Gasteiger partial charge in [-0.1, -0.05) is 17.7 Å². The van der Waals surface area contributed by atoms with Crippen LogP contribution in [0.3, 0.4) is 0 Å². The zero-order valence-corrected chi connectivity index (χ0v) is 12.0. The SMILES string of the molecule is CS[C@H]1CC[C@H](N(C)Cc2ccc(Cl)nc2)C1. The molecule has 0 saturated heterocycles. The summed E-state index contributed by atoms with van der Waals surface area (Å²) in [7, 11) is 2.21. The molecule has 1 aliphatic rings. The fourth-order valence-corrected chi connectivity index (χ4v) is 3.35. The lowest BCUT2D eigenvalue weighted by Crippen LogP contribution is -2.29. The Labute approximate surface area is 113 Å². The van der Waals surface area contributed by atoms with Gasteiger partial charge in [-0.05, 0) is 44.2 Å². The molecule has 0 radical (unpaired) electrons. The zero-order chi connectivity index (χ0) is 12.3. The van der Waals surface area contributed by atoms with Crippen LogP contribution in [0.4, 0.5) is 0 Å². The predicted molar refractivity (Wildman–Crippen MR) is 75.7 cm³/mol. The van der Waals surface area contributed by atoms with Crippen molar-refractivity contribution in [3.8, 4) is 0 Å². The highest BCUT2D eigenvalue weighted by Gasteiger charge is 2.26. The highest BCUT2D eigenvalue weighted by atomic mass is 35.5. The van der Waals surface area contributed by atoms with Crippen molar-refractivity contribution in [3.63, 3.8) is 0 Å². The summed E-state index contributed by atoms with van der Waals surface area (Å²) in [5.74, 6) is 0. The van der Waals surface area contributed by atoms with Crippen LogP contribution >= 0.6 is 23.4 Å². The molecule has 0 bridgehead atoms. The average molecular weight is 271 g/mol. The van der Waals surface area contributed by atoms with Crippen molar-refractivity contribution in [2.75, 3.05) is 13.3 Å². The molecule has 1 saturated carbocycles. The van der Waals surface area contributed by atoms with Crippen LogP contribution < -0.4 is 0 Å². The van der Waals surface area contributed by atoms with E-state index in [-0.39, 0.29) is 0 Å². The van der Waals surface area contributed by atoms with Gasteiger partial charge >= 0.3 is 0 Å². The molecule has 1 heterocycles. The summed E-state index contributed by atoms with van der Waals surface area (Å²) in [5.41, 5.74) is 1.24. The van der Waals surface area contributed by atoms with Crippen LogP contribution in [0.2, 0.25) is 5.15 Å². The second kappa shape index (κ2) is 6.07. The molecule has 1 aromatic heterocycles. The second-order valence-corrected chi connectivity index (χ2v) is 6.25. The van der Waals surface area contributed by atoms with Crippen LogP contribution in [-0.2, 0) is 6.54 Å². The molecule has 0 amide bonds. The summed E-state index contributed by atoms with van der Waals surface area (Å²) in [5, 5.41) is 1.42. The highest BCUT2D eigenvalue weighted by molar-refractivity contribution is 7.99. The van der Waals surface area contributed by atoms with Gasteiger partial charge in [0.1, 0.15) is 5.15 Å². The van der Waals surface area contributed by atoms with E-state index >= 15 is 0 Å². The van der Waals surface area contributed by atoms with Gasteiger partial charge in [-0.25, -0.2) is 4.98 Å². The number of halogens is 1. The Morgan fingerprint density at radius 1 is 1.47 bits per heavy atom. The molecule has 2 nitrogen and oxygen atoms in total. The maximum Gasteiger partial charge on any atom is 0.129 e. The molecule has 1 fully saturated rings. The third-order valence-electron chi connectivity index (χ3n) is 3.53. The zero-order valence-electron chi connectivity index (χ0n) is 10.4. The summed E-state index contributed by atoms with van der Waals surface area (Å²) < 4.78 is 0. The van der Waals surface area contributed by atoms with Crippen LogP contribution in [0, 0.1) is 0 Å². The number of pyridine rings is 1. The van der Waals surface area contributed by atoms with Gasteiger partial charge in [0.15, 0.2) is 0 Å². The Morgan fingerprint density at radius 2 is 2.29 bits per heavy atom. The topological polar surface area (TPSA) is 16.1 Å². The number of aromatic nitrogens is 1. The number of hydrogen-bond acceptors (Lipinski definition) is 3. The van der Waals surface area contributed by atoms with Crippen molar-refractivity contribution >= 4 is 23.4 Å². The smallest absolute Gasteiger partial charge is 0.129 e. The molecular formula is C13H19ClN2S. The lowest BCUT2D eigenvalue weighted by Gasteiger charge is -2.24. The number of rotatable bonds is 4. The van der Waals surface area contributed by atoms with Crippen LogP contribution in [0.15, 0.2) is 18.3 Å². The predicted octanol–water partition coefficient (Wildman–Crippen LogP) is 3.45. The molecule has 1 aliphatic carbocycles. The third kappa shape index (κ3) is 3.60. The quantitative estimate of drug-likeness (QED) is 0.780. The van der Waals surface area contributed by atoms with Gasteiger partial charge in [0.25, 0.3) is 0 Å². The molecule has 1 aromatic rings. The van der Waals surface area contributed by atoms with Gasteiger partial charge in [0, 0.05) is 24.0 Å². The van der Waals surface area contributed by atoms with E-state index in [1.165, 1.54) is 24.8 Å². The summed E-state index contributed by atoms with van der Waals surface area (Å²) in [6.07, 6.45) is 8.09. The number of nitrogens with zero attached hydrogens (tertiary/aromatic N) is 2. The van der Waals surface area contributed by atoms with E-state index in [4.69, 9.17) is 11.6 Å². The Morgan fingerprint density at radius 3 is 2.88 bits per heavy atom. The van der Waals surface area contributed by atoms with E-state index in [1.54, 1.807) is 0 Å². The first-order chi connectivity index (χ1) is 8.19. The van der Waals surface area contributed by atoms with Crippen molar-refractivity contribution in [1.82, 2.24) is 9.88 Å². The Hall–Kier alpha value is -0.250. The first kappa shape index (κ1) is 13.2. The minimum atomic E-state index is 0.569. The molecule has 0 N–H and O–H groups in total. The molecular weight excluding hydrogens is 252 g/mol. The van der Waals surface area contributed by atoms with Crippen LogP contribution in [-0.4, -0.2) is 34.5 Å². The first-order valence-electron chi connectivity index (χ1n) is 6.02. The number of hydrogen-bond donors (Lipinski definition) is 0. The van der Waals surface area contributed by atoms with E-state index in [1.807, 2.05) is 24.0 Å². The fourth-order valence-electron chi connectivity index (χ4n) is 2.45. The molecule has 0 spiro atoms.